The number of halogens is 2. The summed E-state index contributed by atoms with van der Waals surface area (Å²) < 4.78 is 18.9. The molecule has 0 unspecified atom stereocenters. The van der Waals surface area contributed by atoms with Gasteiger partial charge in [-0.2, -0.15) is 0 Å². The highest BCUT2D eigenvalue weighted by Gasteiger charge is 2.53. The Morgan fingerprint density at radius 1 is 1.07 bits per heavy atom. The van der Waals surface area contributed by atoms with Crippen molar-refractivity contribution < 1.29 is 9.13 Å². The smallest absolute Gasteiger partial charge is 0.148 e. The van der Waals surface area contributed by atoms with E-state index in [-0.39, 0.29) is 5.82 Å². The summed E-state index contributed by atoms with van der Waals surface area (Å²) in [5.41, 5.74) is 1.70. The number of anilines is 1. The highest BCUT2D eigenvalue weighted by Crippen LogP contribution is 2.51. The number of fused-ring (bicyclic) bond motifs is 1. The normalized spacial score (nSPS) is 28.3. The fraction of sp³-hybridized carbons (Fsp3) is 0.565. The number of nitrogens with zero attached hydrogens (tertiary/aromatic N) is 3. The van der Waals surface area contributed by atoms with Crippen LogP contribution in [0.15, 0.2) is 30.3 Å². The lowest BCUT2D eigenvalue weighted by Crippen LogP contribution is -2.59. The molecule has 0 bridgehead atoms. The maximum Gasteiger partial charge on any atom is 0.148 e. The molecule has 1 N–H and O–H groups in total. The number of hydrogen-bond donors (Lipinski definition) is 1. The molecule has 2 saturated heterocycles. The SMILES string of the molecule is Fc1ccc(Cl)c(-c2ccc(NC3C[C@@H]4CN(C5CC6(COC6)C5)C[C@H]4C3)nn2)c1. The standard InChI is InChI=1S/C23H26ClFN4O/c24-20-2-1-16(25)7-19(20)21-3-4-22(28-27-21)26-17-5-14-10-29(11-15(14)6-17)18-8-23(9-18)12-30-13-23/h1-4,7,14-15,17-18H,5-6,8-13H2,(H,26,28)/t14-,15-/m1/s1. The highest BCUT2D eigenvalue weighted by molar-refractivity contribution is 6.33. The van der Waals surface area contributed by atoms with Crippen molar-refractivity contribution in [2.75, 3.05) is 31.6 Å². The third kappa shape index (κ3) is 3.29. The molecule has 1 aromatic heterocycles. The van der Waals surface area contributed by atoms with Gasteiger partial charge in [0.25, 0.3) is 0 Å². The van der Waals surface area contributed by atoms with E-state index in [0.717, 1.165) is 36.9 Å². The van der Waals surface area contributed by atoms with E-state index < -0.39 is 0 Å². The Hall–Kier alpha value is -1.76. The van der Waals surface area contributed by atoms with Gasteiger partial charge in [0.1, 0.15) is 11.6 Å². The van der Waals surface area contributed by atoms with Crippen LogP contribution in [-0.4, -0.2) is 53.5 Å². The molecule has 2 atom stereocenters. The van der Waals surface area contributed by atoms with E-state index in [1.807, 2.05) is 12.1 Å². The van der Waals surface area contributed by atoms with Crippen LogP contribution in [0.4, 0.5) is 10.2 Å². The van der Waals surface area contributed by atoms with E-state index in [4.69, 9.17) is 16.3 Å². The van der Waals surface area contributed by atoms with Crippen LogP contribution in [0.1, 0.15) is 25.7 Å². The van der Waals surface area contributed by atoms with E-state index in [0.29, 0.717) is 27.7 Å². The number of ether oxygens (including phenoxy) is 1. The third-order valence-electron chi connectivity index (χ3n) is 7.67. The first-order chi connectivity index (χ1) is 14.6. The molecule has 4 aliphatic rings. The number of nitrogens with one attached hydrogen (secondary N) is 1. The first-order valence-corrected chi connectivity index (χ1v) is 11.3. The summed E-state index contributed by atoms with van der Waals surface area (Å²) in [5.74, 6) is 2.02. The summed E-state index contributed by atoms with van der Waals surface area (Å²) in [7, 11) is 0. The molecule has 0 radical (unpaired) electrons. The van der Waals surface area contributed by atoms with Crippen LogP contribution in [0, 0.1) is 23.1 Å². The zero-order valence-corrected chi connectivity index (χ0v) is 17.6. The lowest BCUT2D eigenvalue weighted by Gasteiger charge is -2.55. The minimum atomic E-state index is -0.331. The molecule has 5 nitrogen and oxygen atoms in total. The lowest BCUT2D eigenvalue weighted by molar-refractivity contribution is -0.183. The van der Waals surface area contributed by atoms with Crippen LogP contribution in [-0.2, 0) is 4.74 Å². The van der Waals surface area contributed by atoms with Gasteiger partial charge < -0.3 is 10.1 Å². The van der Waals surface area contributed by atoms with Crippen molar-refractivity contribution in [3.8, 4) is 11.3 Å². The van der Waals surface area contributed by atoms with Crippen LogP contribution < -0.4 is 5.32 Å². The average molecular weight is 429 g/mol. The van der Waals surface area contributed by atoms with Crippen molar-refractivity contribution in [3.63, 3.8) is 0 Å². The van der Waals surface area contributed by atoms with Gasteiger partial charge in [-0.1, -0.05) is 11.6 Å². The average Bonchev–Trinajstić information content (AvgIpc) is 3.21. The van der Waals surface area contributed by atoms with E-state index in [1.54, 1.807) is 6.07 Å². The minimum Gasteiger partial charge on any atom is -0.380 e. The summed E-state index contributed by atoms with van der Waals surface area (Å²) in [5, 5.41) is 12.6. The molecule has 3 heterocycles. The molecule has 0 amide bonds. The van der Waals surface area contributed by atoms with Crippen molar-refractivity contribution in [1.29, 1.82) is 0 Å². The fourth-order valence-corrected chi connectivity index (χ4v) is 6.25. The van der Waals surface area contributed by atoms with Gasteiger partial charge in [-0.3, -0.25) is 4.90 Å². The summed E-state index contributed by atoms with van der Waals surface area (Å²) in [6.45, 7) is 4.46. The highest BCUT2D eigenvalue weighted by atomic mass is 35.5. The van der Waals surface area contributed by atoms with E-state index in [2.05, 4.69) is 20.4 Å². The Bertz CT molecular complexity index is 929. The van der Waals surface area contributed by atoms with Crippen molar-refractivity contribution in [2.24, 2.45) is 17.3 Å². The molecule has 2 aliphatic heterocycles. The number of rotatable bonds is 4. The molecule has 1 aromatic carbocycles. The minimum absolute atomic E-state index is 0.331. The number of benzene rings is 1. The molecule has 2 aromatic rings. The van der Waals surface area contributed by atoms with Crippen LogP contribution in [0.2, 0.25) is 5.02 Å². The lowest BCUT2D eigenvalue weighted by atomic mass is 9.63. The number of hydrogen-bond acceptors (Lipinski definition) is 5. The molecular weight excluding hydrogens is 403 g/mol. The van der Waals surface area contributed by atoms with Crippen LogP contribution in [0.3, 0.4) is 0 Å². The first kappa shape index (κ1) is 19.0. The van der Waals surface area contributed by atoms with Crippen LogP contribution >= 0.6 is 11.6 Å². The van der Waals surface area contributed by atoms with Crippen molar-refractivity contribution in [3.05, 3.63) is 41.2 Å². The fourth-order valence-electron chi connectivity index (χ4n) is 6.03. The van der Waals surface area contributed by atoms with Crippen molar-refractivity contribution in [1.82, 2.24) is 15.1 Å². The first-order valence-electron chi connectivity index (χ1n) is 10.9. The predicted octanol–water partition coefficient (Wildman–Crippen LogP) is 4.24. The summed E-state index contributed by atoms with van der Waals surface area (Å²) in [4.78, 5) is 2.74. The topological polar surface area (TPSA) is 50.3 Å². The van der Waals surface area contributed by atoms with E-state index >= 15 is 0 Å². The maximum absolute atomic E-state index is 13.5. The van der Waals surface area contributed by atoms with Crippen molar-refractivity contribution >= 4 is 17.4 Å². The Morgan fingerprint density at radius 2 is 1.83 bits per heavy atom. The van der Waals surface area contributed by atoms with Crippen molar-refractivity contribution in [2.45, 2.75) is 37.8 Å². The van der Waals surface area contributed by atoms with Gasteiger partial charge in [0.2, 0.25) is 0 Å². The second-order valence-corrected chi connectivity index (χ2v) is 10.2. The van der Waals surface area contributed by atoms with Gasteiger partial charge in [-0.25, -0.2) is 4.39 Å². The van der Waals surface area contributed by atoms with E-state index in [9.17, 15) is 4.39 Å². The Kier molecular flexibility index (Phi) is 4.52. The van der Waals surface area contributed by atoms with Gasteiger partial charge in [0.15, 0.2) is 0 Å². The van der Waals surface area contributed by atoms with Gasteiger partial charge >= 0.3 is 0 Å². The molecule has 30 heavy (non-hydrogen) atoms. The summed E-state index contributed by atoms with van der Waals surface area (Å²) in [6, 6.07) is 9.29. The molecular formula is C23H26ClFN4O. The summed E-state index contributed by atoms with van der Waals surface area (Å²) in [6.07, 6.45) is 5.07. The zero-order chi connectivity index (χ0) is 20.3. The van der Waals surface area contributed by atoms with Crippen LogP contribution in [0.5, 0.6) is 0 Å². The Labute approximate surface area is 181 Å². The van der Waals surface area contributed by atoms with Crippen LogP contribution in [0.25, 0.3) is 11.3 Å². The third-order valence-corrected chi connectivity index (χ3v) is 8.00. The van der Waals surface area contributed by atoms with E-state index in [1.165, 1.54) is 50.9 Å². The predicted molar refractivity (Wildman–Crippen MR) is 114 cm³/mol. The van der Waals surface area contributed by atoms with Gasteiger partial charge in [-0.15, -0.1) is 10.2 Å². The second kappa shape index (κ2) is 7.14. The molecule has 4 fully saturated rings. The molecule has 2 saturated carbocycles. The number of aromatic nitrogens is 2. The zero-order valence-electron chi connectivity index (χ0n) is 16.9. The Morgan fingerprint density at radius 3 is 2.47 bits per heavy atom. The summed E-state index contributed by atoms with van der Waals surface area (Å²) >= 11 is 6.18. The molecule has 6 rings (SSSR count). The maximum atomic E-state index is 13.5. The van der Waals surface area contributed by atoms with Gasteiger partial charge in [0.05, 0.1) is 23.9 Å². The second-order valence-electron chi connectivity index (χ2n) is 9.77. The van der Waals surface area contributed by atoms with Gasteiger partial charge in [-0.05, 0) is 67.9 Å². The van der Waals surface area contributed by atoms with Gasteiger partial charge in [0, 0.05) is 36.2 Å². The largest absolute Gasteiger partial charge is 0.380 e. The number of likely N-dealkylation sites (tertiary alicyclic amines) is 1. The monoisotopic (exact) mass is 428 g/mol. The quantitative estimate of drug-likeness (QED) is 0.789. The molecule has 1 spiro atoms. The Balaban J connectivity index is 1.04. The molecule has 2 aliphatic carbocycles. The molecule has 158 valence electrons. The molecule has 7 heteroatoms.